The van der Waals surface area contributed by atoms with Crippen molar-refractivity contribution in [2.75, 3.05) is 23.3 Å². The first-order valence-corrected chi connectivity index (χ1v) is 8.33. The molecule has 1 aliphatic heterocycles. The van der Waals surface area contributed by atoms with Crippen molar-refractivity contribution >= 4 is 29.1 Å². The van der Waals surface area contributed by atoms with Gasteiger partial charge in [0.15, 0.2) is 5.11 Å². The van der Waals surface area contributed by atoms with E-state index in [0.717, 1.165) is 24.6 Å². The van der Waals surface area contributed by atoms with Gasteiger partial charge in [0.2, 0.25) is 5.95 Å². The standard InChI is InChI=1S/C16H27N5S/c1-11-7-6-8-21(10-11)13-9-12(2)17-14(18-13)19-15(22)20-16(3,4)5/h9,11H,6-8,10H2,1-5H3,(H2,17,18,19,20,22)/t11-/m1/s1. The van der Waals surface area contributed by atoms with Crippen LogP contribution in [0.25, 0.3) is 0 Å². The number of nitrogens with one attached hydrogen (secondary N) is 2. The van der Waals surface area contributed by atoms with E-state index in [4.69, 9.17) is 12.2 Å². The molecule has 0 bridgehead atoms. The molecule has 0 saturated carbocycles. The van der Waals surface area contributed by atoms with Crippen molar-refractivity contribution in [1.82, 2.24) is 15.3 Å². The highest BCUT2D eigenvalue weighted by atomic mass is 32.1. The van der Waals surface area contributed by atoms with E-state index in [1.165, 1.54) is 12.8 Å². The molecule has 0 unspecified atom stereocenters. The van der Waals surface area contributed by atoms with E-state index < -0.39 is 0 Å². The maximum absolute atomic E-state index is 5.33. The van der Waals surface area contributed by atoms with Crippen LogP contribution in [0.15, 0.2) is 6.07 Å². The van der Waals surface area contributed by atoms with E-state index in [1.54, 1.807) is 0 Å². The Bertz CT molecular complexity index is 538. The lowest BCUT2D eigenvalue weighted by atomic mass is 10.0. The first-order valence-electron chi connectivity index (χ1n) is 7.93. The highest BCUT2D eigenvalue weighted by Gasteiger charge is 2.19. The first-order chi connectivity index (χ1) is 10.2. The van der Waals surface area contributed by atoms with E-state index >= 15 is 0 Å². The number of aryl methyl sites for hydroxylation is 1. The van der Waals surface area contributed by atoms with Gasteiger partial charge in [0.1, 0.15) is 5.82 Å². The van der Waals surface area contributed by atoms with Crippen LogP contribution in [0.2, 0.25) is 0 Å². The molecule has 1 saturated heterocycles. The van der Waals surface area contributed by atoms with Crippen LogP contribution < -0.4 is 15.5 Å². The molecule has 0 radical (unpaired) electrons. The summed E-state index contributed by atoms with van der Waals surface area (Å²) in [7, 11) is 0. The minimum Gasteiger partial charge on any atom is -0.358 e. The molecule has 22 heavy (non-hydrogen) atoms. The smallest absolute Gasteiger partial charge is 0.231 e. The lowest BCUT2D eigenvalue weighted by Gasteiger charge is -2.32. The molecule has 0 aromatic carbocycles. The van der Waals surface area contributed by atoms with Crippen molar-refractivity contribution in [3.05, 3.63) is 11.8 Å². The molecule has 0 aliphatic carbocycles. The maximum Gasteiger partial charge on any atom is 0.231 e. The Kier molecular flexibility index (Phi) is 5.21. The minimum absolute atomic E-state index is 0.0843. The average molecular weight is 321 g/mol. The summed E-state index contributed by atoms with van der Waals surface area (Å²) >= 11 is 5.33. The van der Waals surface area contributed by atoms with Crippen LogP contribution >= 0.6 is 12.2 Å². The molecule has 1 aromatic rings. The third kappa shape index (κ3) is 5.09. The Morgan fingerprint density at radius 1 is 1.36 bits per heavy atom. The molecule has 6 heteroatoms. The zero-order chi connectivity index (χ0) is 16.3. The summed E-state index contributed by atoms with van der Waals surface area (Å²) in [6.45, 7) is 12.6. The monoisotopic (exact) mass is 321 g/mol. The molecule has 1 fully saturated rings. The van der Waals surface area contributed by atoms with Gasteiger partial charge >= 0.3 is 0 Å². The van der Waals surface area contributed by atoms with Crippen LogP contribution in [0.5, 0.6) is 0 Å². The second-order valence-electron chi connectivity index (χ2n) is 7.21. The molecule has 1 aromatic heterocycles. The van der Waals surface area contributed by atoms with Crippen molar-refractivity contribution in [2.24, 2.45) is 5.92 Å². The van der Waals surface area contributed by atoms with Crippen LogP contribution in [0.4, 0.5) is 11.8 Å². The molecule has 2 heterocycles. The highest BCUT2D eigenvalue weighted by Crippen LogP contribution is 2.22. The van der Waals surface area contributed by atoms with Gasteiger partial charge in [-0.3, -0.25) is 0 Å². The molecule has 0 amide bonds. The molecule has 1 aliphatic rings. The summed E-state index contributed by atoms with van der Waals surface area (Å²) in [6, 6.07) is 2.05. The molecular weight excluding hydrogens is 294 g/mol. The lowest BCUT2D eigenvalue weighted by Crippen LogP contribution is -2.43. The summed E-state index contributed by atoms with van der Waals surface area (Å²) in [4.78, 5) is 11.4. The fourth-order valence-electron chi connectivity index (χ4n) is 2.64. The highest BCUT2D eigenvalue weighted by molar-refractivity contribution is 7.80. The van der Waals surface area contributed by atoms with Gasteiger partial charge in [0.05, 0.1) is 0 Å². The second kappa shape index (κ2) is 6.77. The Morgan fingerprint density at radius 2 is 2.09 bits per heavy atom. The van der Waals surface area contributed by atoms with Gasteiger partial charge in [0.25, 0.3) is 0 Å². The number of rotatable bonds is 2. The number of anilines is 2. The number of nitrogens with zero attached hydrogens (tertiary/aromatic N) is 3. The Morgan fingerprint density at radius 3 is 2.73 bits per heavy atom. The van der Waals surface area contributed by atoms with Gasteiger partial charge < -0.3 is 15.5 Å². The normalized spacial score (nSPS) is 19.0. The number of hydrogen-bond acceptors (Lipinski definition) is 4. The fraction of sp³-hybridized carbons (Fsp3) is 0.688. The molecule has 122 valence electrons. The SMILES string of the molecule is Cc1cc(N2CCC[C@@H](C)C2)nc(NC(=S)NC(C)(C)C)n1. The predicted molar refractivity (Wildman–Crippen MR) is 96.5 cm³/mol. The van der Waals surface area contributed by atoms with Crippen LogP contribution in [0, 0.1) is 12.8 Å². The third-order valence-corrected chi connectivity index (χ3v) is 3.74. The summed E-state index contributed by atoms with van der Waals surface area (Å²) in [5.74, 6) is 2.26. The molecule has 2 N–H and O–H groups in total. The van der Waals surface area contributed by atoms with E-state index in [9.17, 15) is 0 Å². The Labute approximate surface area is 138 Å². The Hall–Kier alpha value is -1.43. The van der Waals surface area contributed by atoms with Crippen LogP contribution in [-0.4, -0.2) is 33.7 Å². The quantitative estimate of drug-likeness (QED) is 0.816. The fourth-order valence-corrected chi connectivity index (χ4v) is 3.04. The average Bonchev–Trinajstić information content (AvgIpc) is 2.35. The topological polar surface area (TPSA) is 53.1 Å². The van der Waals surface area contributed by atoms with Gasteiger partial charge in [-0.2, -0.15) is 4.98 Å². The van der Waals surface area contributed by atoms with Gasteiger partial charge in [-0.1, -0.05) is 6.92 Å². The van der Waals surface area contributed by atoms with Gasteiger partial charge in [-0.05, 0) is 58.7 Å². The zero-order valence-electron chi connectivity index (χ0n) is 14.2. The van der Waals surface area contributed by atoms with Crippen molar-refractivity contribution in [3.8, 4) is 0 Å². The Balaban J connectivity index is 2.11. The lowest BCUT2D eigenvalue weighted by molar-refractivity contribution is 0.444. The van der Waals surface area contributed by atoms with Crippen molar-refractivity contribution in [2.45, 2.75) is 53.0 Å². The van der Waals surface area contributed by atoms with Gasteiger partial charge in [-0.15, -0.1) is 0 Å². The van der Waals surface area contributed by atoms with E-state index in [2.05, 4.69) is 53.2 Å². The summed E-state index contributed by atoms with van der Waals surface area (Å²) < 4.78 is 0. The summed E-state index contributed by atoms with van der Waals surface area (Å²) in [6.07, 6.45) is 2.52. The van der Waals surface area contributed by atoms with Crippen LogP contribution in [-0.2, 0) is 0 Å². The van der Waals surface area contributed by atoms with E-state index in [1.807, 2.05) is 13.0 Å². The van der Waals surface area contributed by atoms with Crippen molar-refractivity contribution in [1.29, 1.82) is 0 Å². The second-order valence-corrected chi connectivity index (χ2v) is 7.62. The summed E-state index contributed by atoms with van der Waals surface area (Å²) in [5.41, 5.74) is 0.864. The van der Waals surface area contributed by atoms with Crippen LogP contribution in [0.1, 0.15) is 46.2 Å². The number of thiocarbonyl (C=S) groups is 1. The number of hydrogen-bond donors (Lipinski definition) is 2. The van der Waals surface area contributed by atoms with Crippen LogP contribution in [0.3, 0.4) is 0 Å². The molecule has 5 nitrogen and oxygen atoms in total. The van der Waals surface area contributed by atoms with Gasteiger partial charge in [0, 0.05) is 30.4 Å². The van der Waals surface area contributed by atoms with E-state index in [0.29, 0.717) is 17.0 Å². The van der Waals surface area contributed by atoms with Crippen molar-refractivity contribution in [3.63, 3.8) is 0 Å². The molecule has 0 spiro atoms. The minimum atomic E-state index is -0.0843. The van der Waals surface area contributed by atoms with Gasteiger partial charge in [-0.25, -0.2) is 4.98 Å². The van der Waals surface area contributed by atoms with E-state index in [-0.39, 0.29) is 5.54 Å². The molecule has 1 atom stereocenters. The molecular formula is C16H27N5S. The third-order valence-electron chi connectivity index (χ3n) is 3.54. The number of aromatic nitrogens is 2. The maximum atomic E-state index is 5.33. The van der Waals surface area contributed by atoms with Crippen molar-refractivity contribution < 1.29 is 0 Å². The zero-order valence-corrected chi connectivity index (χ0v) is 15.0. The largest absolute Gasteiger partial charge is 0.358 e. The predicted octanol–water partition coefficient (Wildman–Crippen LogP) is 3.11. The molecule has 2 rings (SSSR count). The first kappa shape index (κ1) is 16.9. The summed E-state index contributed by atoms with van der Waals surface area (Å²) in [5, 5.41) is 6.87. The number of piperidine rings is 1.